The van der Waals surface area contributed by atoms with Gasteiger partial charge in [-0.05, 0) is 31.3 Å². The third-order valence-electron chi connectivity index (χ3n) is 3.51. The molecule has 0 aliphatic heterocycles. The van der Waals surface area contributed by atoms with Crippen LogP contribution >= 0.6 is 0 Å². The molecule has 0 aromatic carbocycles. The van der Waals surface area contributed by atoms with Crippen LogP contribution in [-0.2, 0) is 0 Å². The standard InChI is InChI=1S/C15H34N2/c1-7-10-16-15(14(6)8-2)12-17(9-3)11-13(4)5/h13-16H,7-12H2,1-6H3. The summed E-state index contributed by atoms with van der Waals surface area (Å²) >= 11 is 0. The minimum absolute atomic E-state index is 0.652. The van der Waals surface area contributed by atoms with Crippen LogP contribution in [0.1, 0.15) is 54.4 Å². The van der Waals surface area contributed by atoms with Crippen LogP contribution in [0.3, 0.4) is 0 Å². The highest BCUT2D eigenvalue weighted by Crippen LogP contribution is 2.10. The maximum atomic E-state index is 3.72. The van der Waals surface area contributed by atoms with Crippen molar-refractivity contribution in [3.63, 3.8) is 0 Å². The number of rotatable bonds is 10. The normalized spacial score (nSPS) is 15.5. The van der Waals surface area contributed by atoms with Gasteiger partial charge in [0.25, 0.3) is 0 Å². The Morgan fingerprint density at radius 2 is 1.65 bits per heavy atom. The number of nitrogens with zero attached hydrogens (tertiary/aromatic N) is 1. The molecule has 0 aromatic rings. The molecule has 0 heterocycles. The lowest BCUT2D eigenvalue weighted by Crippen LogP contribution is -2.46. The van der Waals surface area contributed by atoms with E-state index in [9.17, 15) is 0 Å². The van der Waals surface area contributed by atoms with Gasteiger partial charge in [0.15, 0.2) is 0 Å². The molecule has 0 amide bonds. The lowest BCUT2D eigenvalue weighted by atomic mass is 9.98. The van der Waals surface area contributed by atoms with E-state index in [2.05, 4.69) is 51.8 Å². The number of likely N-dealkylation sites (N-methyl/N-ethyl adjacent to an activating group) is 1. The lowest BCUT2D eigenvalue weighted by Gasteiger charge is -2.31. The quantitative estimate of drug-likeness (QED) is 0.632. The lowest BCUT2D eigenvalue weighted by molar-refractivity contribution is 0.200. The Bertz CT molecular complexity index is 168. The zero-order chi connectivity index (χ0) is 13.3. The molecule has 2 nitrogen and oxygen atoms in total. The number of nitrogens with one attached hydrogen (secondary N) is 1. The fourth-order valence-electron chi connectivity index (χ4n) is 2.19. The molecule has 2 unspecified atom stereocenters. The highest BCUT2D eigenvalue weighted by atomic mass is 15.1. The predicted octanol–water partition coefficient (Wildman–Crippen LogP) is 3.38. The Hall–Kier alpha value is -0.0800. The number of hydrogen-bond donors (Lipinski definition) is 1. The van der Waals surface area contributed by atoms with E-state index >= 15 is 0 Å². The summed E-state index contributed by atoms with van der Waals surface area (Å²) in [6, 6.07) is 0.652. The summed E-state index contributed by atoms with van der Waals surface area (Å²) in [4.78, 5) is 2.59. The SMILES string of the molecule is CCCNC(CN(CC)CC(C)C)C(C)CC. The Morgan fingerprint density at radius 1 is 1.00 bits per heavy atom. The summed E-state index contributed by atoms with van der Waals surface area (Å²) in [5.74, 6) is 1.53. The van der Waals surface area contributed by atoms with Crippen LogP contribution in [0, 0.1) is 11.8 Å². The van der Waals surface area contributed by atoms with Crippen LogP contribution in [0.15, 0.2) is 0 Å². The molecule has 17 heavy (non-hydrogen) atoms. The largest absolute Gasteiger partial charge is 0.312 e. The van der Waals surface area contributed by atoms with Gasteiger partial charge in [0, 0.05) is 19.1 Å². The van der Waals surface area contributed by atoms with E-state index in [1.165, 1.54) is 32.5 Å². The zero-order valence-electron chi connectivity index (χ0n) is 12.9. The molecule has 0 saturated carbocycles. The van der Waals surface area contributed by atoms with E-state index in [0.29, 0.717) is 6.04 Å². The Labute approximate surface area is 109 Å². The molecule has 0 aliphatic carbocycles. The molecule has 104 valence electrons. The maximum Gasteiger partial charge on any atom is 0.0220 e. The topological polar surface area (TPSA) is 15.3 Å². The summed E-state index contributed by atoms with van der Waals surface area (Å²) < 4.78 is 0. The smallest absolute Gasteiger partial charge is 0.0220 e. The predicted molar refractivity (Wildman–Crippen MR) is 78.5 cm³/mol. The van der Waals surface area contributed by atoms with Gasteiger partial charge in [-0.25, -0.2) is 0 Å². The van der Waals surface area contributed by atoms with E-state index in [1.807, 2.05) is 0 Å². The molecule has 2 atom stereocenters. The molecule has 0 rings (SSSR count). The van der Waals surface area contributed by atoms with Gasteiger partial charge >= 0.3 is 0 Å². The molecular weight excluding hydrogens is 208 g/mol. The van der Waals surface area contributed by atoms with Crippen molar-refractivity contribution < 1.29 is 0 Å². The van der Waals surface area contributed by atoms with E-state index in [-0.39, 0.29) is 0 Å². The highest BCUT2D eigenvalue weighted by molar-refractivity contribution is 4.77. The second-order valence-electron chi connectivity index (χ2n) is 5.69. The first-order valence-corrected chi connectivity index (χ1v) is 7.50. The first-order valence-electron chi connectivity index (χ1n) is 7.50. The van der Waals surface area contributed by atoms with Crippen molar-refractivity contribution in [2.45, 2.75) is 60.4 Å². The monoisotopic (exact) mass is 242 g/mol. The molecule has 0 fully saturated rings. The summed E-state index contributed by atoms with van der Waals surface area (Å²) in [5, 5.41) is 3.72. The summed E-state index contributed by atoms with van der Waals surface area (Å²) in [6.45, 7) is 18.5. The van der Waals surface area contributed by atoms with Crippen molar-refractivity contribution in [1.82, 2.24) is 10.2 Å². The third kappa shape index (κ3) is 7.77. The highest BCUT2D eigenvalue weighted by Gasteiger charge is 2.18. The summed E-state index contributed by atoms with van der Waals surface area (Å²) in [5.41, 5.74) is 0. The number of hydrogen-bond acceptors (Lipinski definition) is 2. The average molecular weight is 242 g/mol. The van der Waals surface area contributed by atoms with Gasteiger partial charge in [0.05, 0.1) is 0 Å². The van der Waals surface area contributed by atoms with Crippen molar-refractivity contribution in [1.29, 1.82) is 0 Å². The van der Waals surface area contributed by atoms with Gasteiger partial charge in [-0.3, -0.25) is 0 Å². The van der Waals surface area contributed by atoms with Crippen LogP contribution in [0.4, 0.5) is 0 Å². The van der Waals surface area contributed by atoms with Crippen molar-refractivity contribution in [3.05, 3.63) is 0 Å². The van der Waals surface area contributed by atoms with E-state index in [4.69, 9.17) is 0 Å². The fourth-order valence-corrected chi connectivity index (χ4v) is 2.19. The van der Waals surface area contributed by atoms with Crippen molar-refractivity contribution in [2.75, 3.05) is 26.2 Å². The van der Waals surface area contributed by atoms with Gasteiger partial charge in [-0.1, -0.05) is 48.0 Å². The second-order valence-corrected chi connectivity index (χ2v) is 5.69. The van der Waals surface area contributed by atoms with Gasteiger partial charge in [0.2, 0.25) is 0 Å². The fraction of sp³-hybridized carbons (Fsp3) is 1.00. The molecule has 0 bridgehead atoms. The van der Waals surface area contributed by atoms with E-state index in [0.717, 1.165) is 18.4 Å². The van der Waals surface area contributed by atoms with Gasteiger partial charge in [0.1, 0.15) is 0 Å². The third-order valence-corrected chi connectivity index (χ3v) is 3.51. The van der Waals surface area contributed by atoms with Crippen molar-refractivity contribution in [2.24, 2.45) is 11.8 Å². The Morgan fingerprint density at radius 3 is 2.06 bits per heavy atom. The average Bonchev–Trinajstić information content (AvgIpc) is 2.31. The summed E-state index contributed by atoms with van der Waals surface area (Å²) in [7, 11) is 0. The van der Waals surface area contributed by atoms with Crippen LogP contribution in [0.5, 0.6) is 0 Å². The molecule has 2 heteroatoms. The first-order chi connectivity index (χ1) is 8.04. The van der Waals surface area contributed by atoms with Crippen LogP contribution in [0.25, 0.3) is 0 Å². The molecule has 0 aromatic heterocycles. The van der Waals surface area contributed by atoms with E-state index < -0.39 is 0 Å². The Balaban J connectivity index is 4.26. The minimum Gasteiger partial charge on any atom is -0.312 e. The molecule has 0 radical (unpaired) electrons. The van der Waals surface area contributed by atoms with Crippen LogP contribution < -0.4 is 5.32 Å². The molecule has 1 N–H and O–H groups in total. The minimum atomic E-state index is 0.652. The van der Waals surface area contributed by atoms with Crippen LogP contribution in [0.2, 0.25) is 0 Å². The molecular formula is C15H34N2. The molecule has 0 saturated heterocycles. The second kappa shape index (κ2) is 9.90. The van der Waals surface area contributed by atoms with Crippen molar-refractivity contribution >= 4 is 0 Å². The van der Waals surface area contributed by atoms with Crippen molar-refractivity contribution in [3.8, 4) is 0 Å². The Kier molecular flexibility index (Phi) is 9.85. The van der Waals surface area contributed by atoms with Crippen LogP contribution in [-0.4, -0.2) is 37.1 Å². The van der Waals surface area contributed by atoms with Gasteiger partial charge < -0.3 is 10.2 Å². The molecule has 0 spiro atoms. The van der Waals surface area contributed by atoms with Gasteiger partial charge in [-0.2, -0.15) is 0 Å². The zero-order valence-corrected chi connectivity index (χ0v) is 12.9. The first kappa shape index (κ1) is 16.9. The summed E-state index contributed by atoms with van der Waals surface area (Å²) in [6.07, 6.45) is 2.49. The van der Waals surface area contributed by atoms with Gasteiger partial charge in [-0.15, -0.1) is 0 Å². The van der Waals surface area contributed by atoms with E-state index in [1.54, 1.807) is 0 Å². The maximum absolute atomic E-state index is 3.72. The molecule has 0 aliphatic rings.